The van der Waals surface area contributed by atoms with E-state index >= 15 is 0 Å². The predicted molar refractivity (Wildman–Crippen MR) is 61.7 cm³/mol. The number of nitrogens with two attached hydrogens (primary N) is 1. The van der Waals surface area contributed by atoms with Gasteiger partial charge in [0, 0.05) is 6.54 Å². The number of carbonyl (C=O) groups is 3. The van der Waals surface area contributed by atoms with E-state index in [0.29, 0.717) is 13.0 Å². The van der Waals surface area contributed by atoms with Crippen molar-refractivity contribution >= 4 is 17.8 Å². The molecule has 1 aliphatic heterocycles. The van der Waals surface area contributed by atoms with Gasteiger partial charge in [-0.25, -0.2) is 0 Å². The second-order valence-electron chi connectivity index (χ2n) is 4.50. The Labute approximate surface area is 105 Å². The number of aliphatic carboxylic acids is 2. The van der Waals surface area contributed by atoms with Crippen LogP contribution in [0.3, 0.4) is 0 Å². The molecule has 0 spiro atoms. The molecule has 0 aliphatic carbocycles. The fraction of sp³-hybridized carbons (Fsp3) is 0.727. The lowest BCUT2D eigenvalue weighted by Gasteiger charge is -2.37. The van der Waals surface area contributed by atoms with Crippen LogP contribution in [-0.2, 0) is 14.4 Å². The van der Waals surface area contributed by atoms with E-state index in [9.17, 15) is 14.4 Å². The van der Waals surface area contributed by atoms with Crippen LogP contribution in [0.5, 0.6) is 0 Å². The standard InChI is InChI=1S/C11H18N2O5/c1-2-8(9(12)14)13-4-3-6(10(15)16)7(5-13)11(17)18/h6-8H,2-5H2,1H3,(H2,12,14)(H,15,16)(H,17,18). The lowest BCUT2D eigenvalue weighted by atomic mass is 9.84. The summed E-state index contributed by atoms with van der Waals surface area (Å²) in [6, 6.07) is -0.526. The molecule has 102 valence electrons. The van der Waals surface area contributed by atoms with Crippen molar-refractivity contribution < 1.29 is 24.6 Å². The molecule has 0 aromatic heterocycles. The number of piperidine rings is 1. The quantitative estimate of drug-likeness (QED) is 0.603. The van der Waals surface area contributed by atoms with E-state index in [-0.39, 0.29) is 13.0 Å². The first kappa shape index (κ1) is 14.4. The maximum absolute atomic E-state index is 11.2. The highest BCUT2D eigenvalue weighted by Gasteiger charge is 2.41. The van der Waals surface area contributed by atoms with E-state index in [1.54, 1.807) is 11.8 Å². The molecule has 3 unspecified atom stereocenters. The maximum atomic E-state index is 11.2. The van der Waals surface area contributed by atoms with Gasteiger partial charge < -0.3 is 15.9 Å². The number of hydrogen-bond donors (Lipinski definition) is 3. The molecule has 4 N–H and O–H groups in total. The summed E-state index contributed by atoms with van der Waals surface area (Å²) in [6.07, 6.45) is 0.704. The van der Waals surface area contributed by atoms with Gasteiger partial charge in [-0.1, -0.05) is 6.92 Å². The van der Waals surface area contributed by atoms with Crippen molar-refractivity contribution in [2.24, 2.45) is 17.6 Å². The minimum Gasteiger partial charge on any atom is -0.481 e. The summed E-state index contributed by atoms with van der Waals surface area (Å²) in [5.74, 6) is -4.65. The molecule has 0 aromatic rings. The molecular formula is C11H18N2O5. The normalized spacial score (nSPS) is 26.5. The monoisotopic (exact) mass is 258 g/mol. The Bertz CT molecular complexity index is 357. The van der Waals surface area contributed by atoms with Gasteiger partial charge in [0.25, 0.3) is 0 Å². The fourth-order valence-corrected chi connectivity index (χ4v) is 2.45. The molecule has 1 fully saturated rings. The van der Waals surface area contributed by atoms with Gasteiger partial charge in [0.2, 0.25) is 5.91 Å². The Morgan fingerprint density at radius 2 is 1.83 bits per heavy atom. The molecule has 1 heterocycles. The van der Waals surface area contributed by atoms with Crippen LogP contribution in [0.1, 0.15) is 19.8 Å². The first-order valence-corrected chi connectivity index (χ1v) is 5.87. The van der Waals surface area contributed by atoms with Crippen molar-refractivity contribution in [2.45, 2.75) is 25.8 Å². The first-order chi connectivity index (χ1) is 8.38. The molecular weight excluding hydrogens is 240 g/mol. The smallest absolute Gasteiger partial charge is 0.308 e. The van der Waals surface area contributed by atoms with Crippen LogP contribution in [0.15, 0.2) is 0 Å². The SMILES string of the molecule is CCC(C(N)=O)N1CCC(C(=O)O)C(C(=O)O)C1. The van der Waals surface area contributed by atoms with E-state index in [1.165, 1.54) is 0 Å². The minimum absolute atomic E-state index is 0.0494. The van der Waals surface area contributed by atoms with Crippen LogP contribution < -0.4 is 5.73 Å². The lowest BCUT2D eigenvalue weighted by molar-refractivity contribution is -0.158. The third-order valence-corrected chi connectivity index (χ3v) is 3.43. The number of nitrogens with zero attached hydrogens (tertiary/aromatic N) is 1. The summed E-state index contributed by atoms with van der Waals surface area (Å²) in [5.41, 5.74) is 5.25. The molecule has 7 nitrogen and oxygen atoms in total. The van der Waals surface area contributed by atoms with Gasteiger partial charge in [0.05, 0.1) is 17.9 Å². The Balaban J connectivity index is 2.83. The van der Waals surface area contributed by atoms with Crippen LogP contribution in [0.25, 0.3) is 0 Å². The number of amides is 1. The first-order valence-electron chi connectivity index (χ1n) is 5.87. The largest absolute Gasteiger partial charge is 0.481 e. The molecule has 0 saturated carbocycles. The molecule has 18 heavy (non-hydrogen) atoms. The highest BCUT2D eigenvalue weighted by molar-refractivity contribution is 5.82. The zero-order valence-electron chi connectivity index (χ0n) is 10.2. The number of carboxylic acids is 2. The number of rotatable bonds is 5. The van der Waals surface area contributed by atoms with Gasteiger partial charge in [-0.05, 0) is 19.4 Å². The molecule has 1 saturated heterocycles. The maximum Gasteiger partial charge on any atom is 0.308 e. The van der Waals surface area contributed by atoms with Crippen molar-refractivity contribution in [3.05, 3.63) is 0 Å². The Morgan fingerprint density at radius 3 is 2.22 bits per heavy atom. The summed E-state index contributed by atoms with van der Waals surface area (Å²) in [4.78, 5) is 35.0. The van der Waals surface area contributed by atoms with Gasteiger partial charge >= 0.3 is 11.9 Å². The fourth-order valence-electron chi connectivity index (χ4n) is 2.45. The zero-order chi connectivity index (χ0) is 13.9. The number of hydrogen-bond acceptors (Lipinski definition) is 4. The summed E-state index contributed by atoms with van der Waals surface area (Å²) in [5, 5.41) is 18.0. The zero-order valence-corrected chi connectivity index (χ0v) is 10.2. The van der Waals surface area contributed by atoms with Crippen molar-refractivity contribution in [1.29, 1.82) is 0 Å². The topological polar surface area (TPSA) is 121 Å². The minimum atomic E-state index is -1.15. The molecule has 1 aliphatic rings. The molecule has 0 radical (unpaired) electrons. The van der Waals surface area contributed by atoms with Gasteiger partial charge in [-0.15, -0.1) is 0 Å². The second-order valence-corrected chi connectivity index (χ2v) is 4.50. The van der Waals surface area contributed by atoms with Crippen LogP contribution >= 0.6 is 0 Å². The van der Waals surface area contributed by atoms with Crippen molar-refractivity contribution in [3.8, 4) is 0 Å². The molecule has 0 aromatic carbocycles. The van der Waals surface area contributed by atoms with Crippen molar-refractivity contribution in [2.75, 3.05) is 13.1 Å². The van der Waals surface area contributed by atoms with Gasteiger partial charge in [-0.3, -0.25) is 19.3 Å². The van der Waals surface area contributed by atoms with Crippen molar-refractivity contribution in [3.63, 3.8) is 0 Å². The number of carbonyl (C=O) groups excluding carboxylic acids is 1. The van der Waals surface area contributed by atoms with Gasteiger partial charge in [0.15, 0.2) is 0 Å². The van der Waals surface area contributed by atoms with Gasteiger partial charge in [0.1, 0.15) is 0 Å². The van der Waals surface area contributed by atoms with Crippen LogP contribution in [0, 0.1) is 11.8 Å². The molecule has 0 bridgehead atoms. The predicted octanol–water partition coefficient (Wildman–Crippen LogP) is -0.642. The third-order valence-electron chi connectivity index (χ3n) is 3.43. The Morgan fingerprint density at radius 1 is 1.28 bits per heavy atom. The van der Waals surface area contributed by atoms with Crippen LogP contribution in [0.2, 0.25) is 0 Å². The van der Waals surface area contributed by atoms with Crippen LogP contribution in [-0.4, -0.2) is 52.1 Å². The average Bonchev–Trinajstić information content (AvgIpc) is 2.28. The van der Waals surface area contributed by atoms with E-state index in [2.05, 4.69) is 0 Å². The number of carboxylic acid groups (broad SMARTS) is 2. The Hall–Kier alpha value is -1.63. The molecule has 7 heteroatoms. The summed E-state index contributed by atoms with van der Waals surface area (Å²) in [7, 11) is 0. The van der Waals surface area contributed by atoms with E-state index in [1.807, 2.05) is 0 Å². The number of likely N-dealkylation sites (tertiary alicyclic amines) is 1. The highest BCUT2D eigenvalue weighted by Crippen LogP contribution is 2.26. The van der Waals surface area contributed by atoms with E-state index in [4.69, 9.17) is 15.9 Å². The van der Waals surface area contributed by atoms with E-state index in [0.717, 1.165) is 0 Å². The summed E-state index contributed by atoms with van der Waals surface area (Å²) in [6.45, 7) is 2.21. The van der Waals surface area contributed by atoms with Crippen molar-refractivity contribution in [1.82, 2.24) is 4.90 Å². The molecule has 1 amide bonds. The average molecular weight is 258 g/mol. The molecule has 1 rings (SSSR count). The van der Waals surface area contributed by atoms with Crippen LogP contribution in [0.4, 0.5) is 0 Å². The summed E-state index contributed by atoms with van der Waals surface area (Å²) < 4.78 is 0. The second kappa shape index (κ2) is 5.81. The molecule has 3 atom stereocenters. The summed E-state index contributed by atoms with van der Waals surface area (Å²) >= 11 is 0. The van der Waals surface area contributed by atoms with E-state index < -0.39 is 35.7 Å². The third kappa shape index (κ3) is 2.98. The lowest BCUT2D eigenvalue weighted by Crippen LogP contribution is -2.53. The number of primary amides is 1. The Kier molecular flexibility index (Phi) is 4.66. The highest BCUT2D eigenvalue weighted by atomic mass is 16.4. The van der Waals surface area contributed by atoms with Gasteiger partial charge in [-0.2, -0.15) is 0 Å².